The SMILES string of the molecule is CC[C@H](C(=O)NCC(C)C)N(Cc1cccc(OC)c1)C(=O)CCCN(c1cc(C)cc(C)c1)S(C)(=O)=O. The fourth-order valence-corrected chi connectivity index (χ4v) is 5.36. The fraction of sp³-hybridized carbons (Fsp3) is 0.517. The van der Waals surface area contributed by atoms with Crippen molar-refractivity contribution in [1.29, 1.82) is 0 Å². The first-order valence-electron chi connectivity index (χ1n) is 13.1. The van der Waals surface area contributed by atoms with E-state index in [0.717, 1.165) is 16.7 Å². The van der Waals surface area contributed by atoms with E-state index in [-0.39, 0.29) is 37.2 Å². The highest BCUT2D eigenvalue weighted by Gasteiger charge is 2.29. The van der Waals surface area contributed by atoms with Gasteiger partial charge in [0.1, 0.15) is 11.8 Å². The maximum absolute atomic E-state index is 13.6. The molecule has 0 aliphatic heterocycles. The van der Waals surface area contributed by atoms with Crippen molar-refractivity contribution in [2.24, 2.45) is 5.92 Å². The van der Waals surface area contributed by atoms with Gasteiger partial charge in [-0.05, 0) is 73.6 Å². The number of rotatable bonds is 14. The smallest absolute Gasteiger partial charge is 0.242 e. The van der Waals surface area contributed by atoms with Crippen LogP contribution < -0.4 is 14.4 Å². The summed E-state index contributed by atoms with van der Waals surface area (Å²) in [5.41, 5.74) is 3.37. The van der Waals surface area contributed by atoms with Crippen molar-refractivity contribution in [2.45, 2.75) is 66.5 Å². The largest absolute Gasteiger partial charge is 0.497 e. The fourth-order valence-electron chi connectivity index (χ4n) is 4.41. The molecule has 9 heteroatoms. The van der Waals surface area contributed by atoms with Crippen molar-refractivity contribution in [3.05, 3.63) is 59.2 Å². The maximum atomic E-state index is 13.6. The van der Waals surface area contributed by atoms with Gasteiger partial charge in [0.15, 0.2) is 0 Å². The number of ether oxygens (including phenoxy) is 1. The molecule has 8 nitrogen and oxygen atoms in total. The first-order valence-corrected chi connectivity index (χ1v) is 15.0. The lowest BCUT2D eigenvalue weighted by Gasteiger charge is -2.31. The molecule has 0 aliphatic rings. The average molecular weight is 546 g/mol. The summed E-state index contributed by atoms with van der Waals surface area (Å²) in [5, 5.41) is 2.96. The molecule has 2 aromatic carbocycles. The molecule has 2 amide bonds. The van der Waals surface area contributed by atoms with Crippen molar-refractivity contribution in [3.63, 3.8) is 0 Å². The predicted octanol–water partition coefficient (Wildman–Crippen LogP) is 4.44. The molecule has 0 saturated carbocycles. The molecular weight excluding hydrogens is 502 g/mol. The molecule has 0 heterocycles. The van der Waals surface area contributed by atoms with Gasteiger partial charge in [-0.25, -0.2) is 8.42 Å². The van der Waals surface area contributed by atoms with Crippen LogP contribution in [-0.2, 0) is 26.2 Å². The Kier molecular flexibility index (Phi) is 11.6. The van der Waals surface area contributed by atoms with Gasteiger partial charge in [0.25, 0.3) is 0 Å². The second kappa shape index (κ2) is 14.2. The monoisotopic (exact) mass is 545 g/mol. The molecule has 38 heavy (non-hydrogen) atoms. The molecule has 1 N–H and O–H groups in total. The number of amides is 2. The molecule has 1 atom stereocenters. The summed E-state index contributed by atoms with van der Waals surface area (Å²) < 4.78 is 31.9. The summed E-state index contributed by atoms with van der Waals surface area (Å²) in [6, 6.07) is 12.4. The van der Waals surface area contributed by atoms with E-state index >= 15 is 0 Å². The Hall–Kier alpha value is -3.07. The molecule has 0 fully saturated rings. The van der Waals surface area contributed by atoms with Gasteiger partial charge < -0.3 is 15.0 Å². The normalized spacial score (nSPS) is 12.2. The number of carbonyl (C=O) groups excluding carboxylic acids is 2. The summed E-state index contributed by atoms with van der Waals surface area (Å²) in [6.07, 6.45) is 2.05. The highest BCUT2D eigenvalue weighted by molar-refractivity contribution is 7.92. The number of nitrogens with zero attached hydrogens (tertiary/aromatic N) is 2. The lowest BCUT2D eigenvalue weighted by molar-refractivity contribution is -0.141. The van der Waals surface area contributed by atoms with Crippen LogP contribution >= 0.6 is 0 Å². The minimum atomic E-state index is -3.55. The van der Waals surface area contributed by atoms with Gasteiger partial charge in [0, 0.05) is 26.1 Å². The number of hydrogen-bond acceptors (Lipinski definition) is 5. The van der Waals surface area contributed by atoms with Gasteiger partial charge in [-0.3, -0.25) is 13.9 Å². The van der Waals surface area contributed by atoms with E-state index in [9.17, 15) is 18.0 Å². The average Bonchev–Trinajstić information content (AvgIpc) is 2.83. The molecule has 0 aromatic heterocycles. The number of nitrogens with one attached hydrogen (secondary N) is 1. The van der Waals surface area contributed by atoms with Crippen LogP contribution in [0, 0.1) is 19.8 Å². The topological polar surface area (TPSA) is 96.0 Å². The van der Waals surface area contributed by atoms with E-state index in [4.69, 9.17) is 4.74 Å². The van der Waals surface area contributed by atoms with Crippen LogP contribution in [0.2, 0.25) is 0 Å². The van der Waals surface area contributed by atoms with Crippen LogP contribution in [-0.4, -0.2) is 57.6 Å². The van der Waals surface area contributed by atoms with Gasteiger partial charge in [-0.2, -0.15) is 0 Å². The molecule has 0 radical (unpaired) electrons. The number of anilines is 1. The molecular formula is C29H43N3O5S. The number of sulfonamides is 1. The van der Waals surface area contributed by atoms with E-state index in [1.165, 1.54) is 10.6 Å². The van der Waals surface area contributed by atoms with Gasteiger partial charge in [0.05, 0.1) is 19.1 Å². The zero-order valence-corrected chi connectivity index (χ0v) is 24.6. The van der Waals surface area contributed by atoms with Crippen LogP contribution in [0.25, 0.3) is 0 Å². The summed E-state index contributed by atoms with van der Waals surface area (Å²) in [4.78, 5) is 28.3. The molecule has 2 rings (SSSR count). The highest BCUT2D eigenvalue weighted by atomic mass is 32.2. The summed E-state index contributed by atoms with van der Waals surface area (Å²) in [6.45, 7) is 10.7. The lowest BCUT2D eigenvalue weighted by atomic mass is 10.1. The Morgan fingerprint density at radius 2 is 1.71 bits per heavy atom. The molecule has 2 aromatic rings. The minimum absolute atomic E-state index is 0.106. The Morgan fingerprint density at radius 3 is 2.26 bits per heavy atom. The zero-order valence-electron chi connectivity index (χ0n) is 23.8. The minimum Gasteiger partial charge on any atom is -0.497 e. The molecule has 0 spiro atoms. The van der Waals surface area contributed by atoms with Crippen LogP contribution in [0.3, 0.4) is 0 Å². The van der Waals surface area contributed by atoms with Gasteiger partial charge >= 0.3 is 0 Å². The Labute approximate surface area is 228 Å². The number of aryl methyl sites for hydroxylation is 2. The summed E-state index contributed by atoms with van der Waals surface area (Å²) in [5.74, 6) is 0.564. The Balaban J connectivity index is 2.25. The second-order valence-electron chi connectivity index (χ2n) is 10.2. The van der Waals surface area contributed by atoms with E-state index in [2.05, 4.69) is 5.32 Å². The van der Waals surface area contributed by atoms with Gasteiger partial charge in [0.2, 0.25) is 21.8 Å². The number of hydrogen-bond donors (Lipinski definition) is 1. The number of benzene rings is 2. The van der Waals surface area contributed by atoms with Gasteiger partial charge in [-0.15, -0.1) is 0 Å². The van der Waals surface area contributed by atoms with Crippen LogP contribution in [0.4, 0.5) is 5.69 Å². The third-order valence-corrected chi connectivity index (χ3v) is 7.40. The van der Waals surface area contributed by atoms with Crippen molar-refractivity contribution >= 4 is 27.5 Å². The first-order chi connectivity index (χ1) is 17.8. The van der Waals surface area contributed by atoms with Crippen LogP contribution in [0.1, 0.15) is 56.7 Å². The zero-order chi connectivity index (χ0) is 28.5. The molecule has 0 aliphatic carbocycles. The van der Waals surface area contributed by atoms with Crippen molar-refractivity contribution in [1.82, 2.24) is 10.2 Å². The maximum Gasteiger partial charge on any atom is 0.242 e. The standard InChI is InChI=1S/C29H43N3O5S/c1-8-27(29(34)30-19-21(2)3)31(20-24-11-9-12-26(18-24)37-6)28(33)13-10-14-32(38(7,35)36)25-16-22(4)15-23(5)17-25/h9,11-12,15-18,21,27H,8,10,13-14,19-20H2,1-7H3,(H,30,34)/t27-/m1/s1. The van der Waals surface area contributed by atoms with E-state index in [0.29, 0.717) is 30.8 Å². The molecule has 0 saturated heterocycles. The van der Waals surface area contributed by atoms with E-state index < -0.39 is 16.1 Å². The quantitative estimate of drug-likeness (QED) is 0.379. The third kappa shape index (κ3) is 9.35. The summed E-state index contributed by atoms with van der Waals surface area (Å²) >= 11 is 0. The molecule has 0 bridgehead atoms. The van der Waals surface area contributed by atoms with Crippen LogP contribution in [0.15, 0.2) is 42.5 Å². The van der Waals surface area contributed by atoms with Crippen LogP contribution in [0.5, 0.6) is 5.75 Å². The van der Waals surface area contributed by atoms with Crippen molar-refractivity contribution < 1.29 is 22.7 Å². The third-order valence-electron chi connectivity index (χ3n) is 6.20. The van der Waals surface area contributed by atoms with Crippen molar-refractivity contribution in [2.75, 3.05) is 30.8 Å². The van der Waals surface area contributed by atoms with E-state index in [1.807, 2.05) is 77.1 Å². The molecule has 210 valence electrons. The number of methoxy groups -OCH3 is 1. The second-order valence-corrected chi connectivity index (χ2v) is 12.1. The van der Waals surface area contributed by atoms with E-state index in [1.54, 1.807) is 12.0 Å². The lowest BCUT2D eigenvalue weighted by Crippen LogP contribution is -2.49. The Bertz CT molecular complexity index is 1180. The molecule has 0 unspecified atom stereocenters. The highest BCUT2D eigenvalue weighted by Crippen LogP contribution is 2.23. The summed E-state index contributed by atoms with van der Waals surface area (Å²) in [7, 11) is -1.96. The first kappa shape index (κ1) is 31.1. The Morgan fingerprint density at radius 1 is 1.05 bits per heavy atom. The van der Waals surface area contributed by atoms with Gasteiger partial charge in [-0.1, -0.05) is 39.0 Å². The predicted molar refractivity (Wildman–Crippen MR) is 153 cm³/mol. The number of carbonyl (C=O) groups is 2. The van der Waals surface area contributed by atoms with Crippen molar-refractivity contribution in [3.8, 4) is 5.75 Å².